The molecule has 1 N–H and O–H groups in total. The van der Waals surface area contributed by atoms with Gasteiger partial charge in [0.25, 0.3) is 0 Å². The fourth-order valence-electron chi connectivity index (χ4n) is 3.42. The molecule has 1 fully saturated rings. The molecule has 0 aliphatic carbocycles. The summed E-state index contributed by atoms with van der Waals surface area (Å²) in [5.74, 6) is 0. The Kier molecular flexibility index (Phi) is 5.14. The molecule has 27 heavy (non-hydrogen) atoms. The third kappa shape index (κ3) is 4.15. The molecule has 7 nitrogen and oxygen atoms in total. The van der Waals surface area contributed by atoms with E-state index in [1.807, 2.05) is 30.1 Å². The highest BCUT2D eigenvalue weighted by Crippen LogP contribution is 2.34. The Morgan fingerprint density at radius 3 is 3.00 bits per heavy atom. The van der Waals surface area contributed by atoms with Gasteiger partial charge in [-0.15, -0.1) is 11.3 Å². The molecule has 3 aromatic heterocycles. The molecule has 8 heteroatoms. The van der Waals surface area contributed by atoms with Crippen molar-refractivity contribution >= 4 is 22.2 Å². The standard InChI is InChI=1S/C19H21N7S/c1-25-9-7-16(24-25)12-26-8-3-2-4-18(26)17-13-27-19(23-17)22-15-6-5-14(10-20)21-11-15/h5-7,9,11,13,18H,2-4,8,12H2,1H3,(H,22,23). The second kappa shape index (κ2) is 7.86. The third-order valence-corrected chi connectivity index (χ3v) is 5.52. The number of aryl methyl sites for hydroxylation is 1. The highest BCUT2D eigenvalue weighted by molar-refractivity contribution is 7.13. The van der Waals surface area contributed by atoms with Crippen molar-refractivity contribution in [2.75, 3.05) is 11.9 Å². The van der Waals surface area contributed by atoms with Crippen LogP contribution in [0.5, 0.6) is 0 Å². The van der Waals surface area contributed by atoms with Crippen molar-refractivity contribution in [1.29, 1.82) is 5.26 Å². The van der Waals surface area contributed by atoms with Gasteiger partial charge in [-0.3, -0.25) is 9.58 Å². The number of hydrogen-bond acceptors (Lipinski definition) is 7. The Bertz CT molecular complexity index is 938. The van der Waals surface area contributed by atoms with Gasteiger partial charge in [0.05, 0.1) is 29.3 Å². The van der Waals surface area contributed by atoms with Gasteiger partial charge < -0.3 is 5.32 Å². The van der Waals surface area contributed by atoms with Crippen molar-refractivity contribution in [3.8, 4) is 6.07 Å². The second-order valence-corrected chi connectivity index (χ2v) is 7.57. The maximum absolute atomic E-state index is 8.84. The Hall–Kier alpha value is -2.76. The number of anilines is 2. The summed E-state index contributed by atoms with van der Waals surface area (Å²) in [5, 5.41) is 19.6. The average Bonchev–Trinajstić information content (AvgIpc) is 3.32. The predicted octanol–water partition coefficient (Wildman–Crippen LogP) is 3.61. The lowest BCUT2D eigenvalue weighted by Gasteiger charge is -2.34. The monoisotopic (exact) mass is 379 g/mol. The zero-order valence-electron chi connectivity index (χ0n) is 15.2. The molecule has 1 saturated heterocycles. The summed E-state index contributed by atoms with van der Waals surface area (Å²) in [6, 6.07) is 7.98. The highest BCUT2D eigenvalue weighted by atomic mass is 32.1. The number of nitrogens with one attached hydrogen (secondary N) is 1. The molecule has 0 aromatic carbocycles. The van der Waals surface area contributed by atoms with Crippen molar-refractivity contribution in [1.82, 2.24) is 24.6 Å². The molecule has 0 amide bonds. The van der Waals surface area contributed by atoms with E-state index in [0.717, 1.165) is 41.7 Å². The van der Waals surface area contributed by atoms with Crippen LogP contribution in [0.3, 0.4) is 0 Å². The van der Waals surface area contributed by atoms with Crippen LogP contribution in [0.2, 0.25) is 0 Å². The van der Waals surface area contributed by atoms with Crippen molar-refractivity contribution in [3.63, 3.8) is 0 Å². The molecule has 4 rings (SSSR count). The predicted molar refractivity (Wildman–Crippen MR) is 105 cm³/mol. The minimum atomic E-state index is 0.326. The van der Waals surface area contributed by atoms with Gasteiger partial charge in [-0.25, -0.2) is 9.97 Å². The van der Waals surface area contributed by atoms with Gasteiger partial charge in [0, 0.05) is 25.2 Å². The van der Waals surface area contributed by atoms with Crippen molar-refractivity contribution in [2.45, 2.75) is 31.8 Å². The number of likely N-dealkylation sites (tertiary alicyclic amines) is 1. The number of aromatic nitrogens is 4. The fourth-order valence-corrected chi connectivity index (χ4v) is 4.20. The number of nitrogens with zero attached hydrogens (tertiary/aromatic N) is 6. The maximum Gasteiger partial charge on any atom is 0.187 e. The quantitative estimate of drug-likeness (QED) is 0.729. The molecular formula is C19H21N7S. The van der Waals surface area contributed by atoms with Crippen molar-refractivity contribution < 1.29 is 0 Å². The molecule has 0 saturated carbocycles. The first-order valence-corrected chi connectivity index (χ1v) is 9.90. The summed E-state index contributed by atoms with van der Waals surface area (Å²) in [6.45, 7) is 1.92. The zero-order chi connectivity index (χ0) is 18.6. The van der Waals surface area contributed by atoms with Gasteiger partial charge in [-0.1, -0.05) is 6.42 Å². The number of thiazole rings is 1. The summed E-state index contributed by atoms with van der Waals surface area (Å²) < 4.78 is 1.85. The summed E-state index contributed by atoms with van der Waals surface area (Å²) >= 11 is 1.60. The molecule has 0 spiro atoms. The van der Waals surface area contributed by atoms with Gasteiger partial charge in [0.15, 0.2) is 5.13 Å². The van der Waals surface area contributed by atoms with E-state index in [9.17, 15) is 0 Å². The number of piperidine rings is 1. The first-order valence-electron chi connectivity index (χ1n) is 9.02. The van der Waals surface area contributed by atoms with Gasteiger partial charge >= 0.3 is 0 Å². The summed E-state index contributed by atoms with van der Waals surface area (Å²) in [4.78, 5) is 11.4. The van der Waals surface area contributed by atoms with E-state index in [4.69, 9.17) is 10.2 Å². The van der Waals surface area contributed by atoms with Gasteiger partial charge in [-0.05, 0) is 37.6 Å². The first kappa shape index (κ1) is 17.6. The summed E-state index contributed by atoms with van der Waals surface area (Å²) in [5.41, 5.74) is 3.46. The third-order valence-electron chi connectivity index (χ3n) is 4.74. The Morgan fingerprint density at radius 2 is 2.26 bits per heavy atom. The van der Waals surface area contributed by atoms with E-state index >= 15 is 0 Å². The molecule has 4 heterocycles. The van der Waals surface area contributed by atoms with Gasteiger partial charge in [0.1, 0.15) is 11.8 Å². The van der Waals surface area contributed by atoms with Crippen LogP contribution in [0.1, 0.15) is 42.4 Å². The van der Waals surface area contributed by atoms with Crippen molar-refractivity contribution in [3.05, 3.63) is 53.1 Å². The van der Waals surface area contributed by atoms with E-state index in [1.54, 1.807) is 23.6 Å². The number of pyridine rings is 1. The summed E-state index contributed by atoms with van der Waals surface area (Å²) in [7, 11) is 1.95. The molecule has 3 aromatic rings. The molecule has 0 radical (unpaired) electrons. The fraction of sp³-hybridized carbons (Fsp3) is 0.368. The van der Waals surface area contributed by atoms with Crippen LogP contribution in [0.15, 0.2) is 36.0 Å². The van der Waals surface area contributed by atoms with Crippen LogP contribution in [0.25, 0.3) is 0 Å². The maximum atomic E-state index is 8.84. The smallest absolute Gasteiger partial charge is 0.187 e. The number of rotatable bonds is 5. The van der Waals surface area contributed by atoms with E-state index in [1.165, 1.54) is 12.8 Å². The van der Waals surface area contributed by atoms with Crippen LogP contribution in [0, 0.1) is 11.3 Å². The van der Waals surface area contributed by atoms with E-state index < -0.39 is 0 Å². The molecule has 1 aliphatic heterocycles. The first-order chi connectivity index (χ1) is 13.2. The molecule has 0 bridgehead atoms. The Balaban J connectivity index is 1.47. The second-order valence-electron chi connectivity index (χ2n) is 6.71. The Morgan fingerprint density at radius 1 is 1.33 bits per heavy atom. The molecule has 1 unspecified atom stereocenters. The SMILES string of the molecule is Cn1ccc(CN2CCCCC2c2csc(Nc3ccc(C#N)nc3)n2)n1. The van der Waals surface area contributed by atoms with E-state index in [0.29, 0.717) is 11.7 Å². The zero-order valence-corrected chi connectivity index (χ0v) is 16.0. The molecule has 1 aliphatic rings. The lowest BCUT2D eigenvalue weighted by molar-refractivity contribution is 0.136. The highest BCUT2D eigenvalue weighted by Gasteiger charge is 2.26. The van der Waals surface area contributed by atoms with Crippen LogP contribution in [-0.4, -0.2) is 31.2 Å². The van der Waals surface area contributed by atoms with Crippen LogP contribution >= 0.6 is 11.3 Å². The molecular weight excluding hydrogens is 358 g/mol. The van der Waals surface area contributed by atoms with Crippen LogP contribution < -0.4 is 5.32 Å². The minimum Gasteiger partial charge on any atom is -0.330 e. The summed E-state index contributed by atoms with van der Waals surface area (Å²) in [6.07, 6.45) is 7.21. The average molecular weight is 379 g/mol. The Labute approximate surface area is 162 Å². The van der Waals surface area contributed by atoms with Crippen LogP contribution in [0.4, 0.5) is 10.8 Å². The van der Waals surface area contributed by atoms with E-state index in [2.05, 4.69) is 31.7 Å². The largest absolute Gasteiger partial charge is 0.330 e. The molecule has 138 valence electrons. The normalized spacial score (nSPS) is 17.6. The van der Waals surface area contributed by atoms with E-state index in [-0.39, 0.29) is 0 Å². The minimum absolute atomic E-state index is 0.326. The van der Waals surface area contributed by atoms with Gasteiger partial charge in [-0.2, -0.15) is 10.4 Å². The van der Waals surface area contributed by atoms with Crippen molar-refractivity contribution in [2.24, 2.45) is 7.05 Å². The lowest BCUT2D eigenvalue weighted by Crippen LogP contribution is -2.33. The lowest BCUT2D eigenvalue weighted by atomic mass is 10.00. The number of hydrogen-bond donors (Lipinski definition) is 1. The topological polar surface area (TPSA) is 82.7 Å². The van der Waals surface area contributed by atoms with Gasteiger partial charge in [0.2, 0.25) is 0 Å². The number of nitriles is 1. The molecule has 1 atom stereocenters. The van der Waals surface area contributed by atoms with Crippen LogP contribution in [-0.2, 0) is 13.6 Å².